The lowest BCUT2D eigenvalue weighted by atomic mass is 10.1. The molecule has 1 heterocycles. The predicted octanol–water partition coefficient (Wildman–Crippen LogP) is 6.01. The minimum absolute atomic E-state index is 0.0405. The number of amides is 1. The number of carboxylic acid groups (broad SMARTS) is 1. The van der Waals surface area contributed by atoms with Crippen molar-refractivity contribution < 1.29 is 32.6 Å². The van der Waals surface area contributed by atoms with E-state index >= 15 is 0 Å². The molecule has 1 amide bonds. The van der Waals surface area contributed by atoms with Gasteiger partial charge in [0.2, 0.25) is 0 Å². The number of halogens is 4. The number of benzene rings is 2. The Balaban J connectivity index is 1.86. The monoisotopic (exact) mass is 501 g/mol. The van der Waals surface area contributed by atoms with Gasteiger partial charge in [-0.2, -0.15) is 13.2 Å². The van der Waals surface area contributed by atoms with Crippen molar-refractivity contribution in [2.45, 2.75) is 25.6 Å². The summed E-state index contributed by atoms with van der Waals surface area (Å²) < 4.78 is 45.8. The Morgan fingerprint density at radius 1 is 1.28 bits per heavy atom. The molecule has 11 heteroatoms. The van der Waals surface area contributed by atoms with Crippen LogP contribution in [0.1, 0.15) is 24.5 Å². The molecule has 0 spiro atoms. The Morgan fingerprint density at radius 3 is 2.50 bits per heavy atom. The van der Waals surface area contributed by atoms with Crippen LogP contribution >= 0.6 is 35.6 Å². The number of alkyl halides is 3. The second kappa shape index (κ2) is 9.51. The van der Waals surface area contributed by atoms with E-state index in [0.29, 0.717) is 11.3 Å². The predicted molar refractivity (Wildman–Crippen MR) is 121 cm³/mol. The van der Waals surface area contributed by atoms with Gasteiger partial charge in [-0.25, -0.2) is 4.79 Å². The summed E-state index contributed by atoms with van der Waals surface area (Å²) in [5.74, 6) is -1.44. The van der Waals surface area contributed by atoms with Gasteiger partial charge in [0.1, 0.15) is 5.75 Å². The lowest BCUT2D eigenvalue weighted by Gasteiger charge is -2.20. The summed E-state index contributed by atoms with van der Waals surface area (Å²) >= 11 is 11.8. The van der Waals surface area contributed by atoms with Gasteiger partial charge >= 0.3 is 12.1 Å². The molecule has 5 nitrogen and oxygen atoms in total. The van der Waals surface area contributed by atoms with Gasteiger partial charge in [0.15, 0.2) is 10.4 Å². The van der Waals surface area contributed by atoms with Crippen LogP contribution in [0.2, 0.25) is 5.02 Å². The van der Waals surface area contributed by atoms with E-state index in [0.717, 1.165) is 28.8 Å². The lowest BCUT2D eigenvalue weighted by molar-refractivity contribution is -0.145. The fraction of sp³-hybridized carbons (Fsp3) is 0.190. The first-order valence-electron chi connectivity index (χ1n) is 9.15. The van der Waals surface area contributed by atoms with E-state index in [-0.39, 0.29) is 20.7 Å². The summed E-state index contributed by atoms with van der Waals surface area (Å²) in [6.07, 6.45) is -3.94. The molecule has 168 valence electrons. The van der Waals surface area contributed by atoms with Crippen LogP contribution in [-0.2, 0) is 15.8 Å². The van der Waals surface area contributed by atoms with Crippen molar-refractivity contribution >= 4 is 63.5 Å². The van der Waals surface area contributed by atoms with Crippen LogP contribution in [0.25, 0.3) is 6.08 Å². The van der Waals surface area contributed by atoms with Crippen molar-refractivity contribution in [3.63, 3.8) is 0 Å². The molecule has 1 saturated heterocycles. The topological polar surface area (TPSA) is 66.8 Å². The number of rotatable bonds is 6. The number of thioether (sulfide) groups is 1. The first kappa shape index (κ1) is 24.1. The maximum absolute atomic E-state index is 13.5. The summed E-state index contributed by atoms with van der Waals surface area (Å²) in [5.41, 5.74) is -0.892. The average Bonchev–Trinajstić information content (AvgIpc) is 2.99. The zero-order valence-electron chi connectivity index (χ0n) is 16.4. The minimum atomic E-state index is -4.73. The Morgan fingerprint density at radius 2 is 1.94 bits per heavy atom. The van der Waals surface area contributed by atoms with Crippen LogP contribution in [0.4, 0.5) is 18.9 Å². The third-order valence-corrected chi connectivity index (χ3v) is 5.94. The van der Waals surface area contributed by atoms with Crippen molar-refractivity contribution in [2.75, 3.05) is 4.90 Å². The normalized spacial score (nSPS) is 16.5. The summed E-state index contributed by atoms with van der Waals surface area (Å²) in [6, 6.07) is 9.39. The molecular formula is C21H15ClF3NO4S2. The number of hydrogen-bond acceptors (Lipinski definition) is 5. The van der Waals surface area contributed by atoms with Crippen LogP contribution in [0.3, 0.4) is 0 Å². The molecule has 1 aliphatic heterocycles. The third-order valence-electron chi connectivity index (χ3n) is 4.40. The van der Waals surface area contributed by atoms with Crippen molar-refractivity contribution in [3.8, 4) is 5.75 Å². The molecule has 0 saturated carbocycles. The minimum Gasteiger partial charge on any atom is -0.479 e. The van der Waals surface area contributed by atoms with E-state index in [2.05, 4.69) is 0 Å². The molecule has 0 aromatic heterocycles. The molecule has 1 unspecified atom stereocenters. The second-order valence-electron chi connectivity index (χ2n) is 6.60. The van der Waals surface area contributed by atoms with Crippen LogP contribution in [0.15, 0.2) is 47.4 Å². The number of carbonyl (C=O) groups excluding carboxylic acids is 1. The Hall–Kier alpha value is -2.56. The van der Waals surface area contributed by atoms with Gasteiger partial charge in [0, 0.05) is 5.02 Å². The summed E-state index contributed by atoms with van der Waals surface area (Å²) in [6.45, 7) is 1.68. The number of thiocarbonyl (C=S) groups is 1. The Kier molecular flexibility index (Phi) is 7.16. The quantitative estimate of drug-likeness (QED) is 0.386. The lowest BCUT2D eigenvalue weighted by Crippen LogP contribution is -2.29. The van der Waals surface area contributed by atoms with E-state index < -0.39 is 35.4 Å². The largest absolute Gasteiger partial charge is 0.479 e. The smallest absolute Gasteiger partial charge is 0.418 e. The second-order valence-corrected chi connectivity index (χ2v) is 8.71. The number of ether oxygens (including phenoxy) is 1. The number of carbonyl (C=O) groups is 2. The van der Waals surface area contributed by atoms with E-state index in [1.165, 1.54) is 12.1 Å². The summed E-state index contributed by atoms with van der Waals surface area (Å²) in [5, 5.41) is 8.95. The zero-order chi connectivity index (χ0) is 23.6. The number of hydrogen-bond donors (Lipinski definition) is 1. The molecule has 3 rings (SSSR count). The van der Waals surface area contributed by atoms with Crippen LogP contribution in [-0.4, -0.2) is 27.4 Å². The van der Waals surface area contributed by atoms with Crippen molar-refractivity contribution in [2.24, 2.45) is 0 Å². The molecule has 1 fully saturated rings. The van der Waals surface area contributed by atoms with Crippen molar-refractivity contribution in [1.29, 1.82) is 0 Å². The molecule has 32 heavy (non-hydrogen) atoms. The van der Waals surface area contributed by atoms with Gasteiger partial charge in [-0.15, -0.1) is 0 Å². The van der Waals surface area contributed by atoms with Gasteiger partial charge < -0.3 is 9.84 Å². The van der Waals surface area contributed by atoms with Crippen LogP contribution in [0, 0.1) is 0 Å². The van der Waals surface area contributed by atoms with Crippen LogP contribution in [0.5, 0.6) is 5.75 Å². The summed E-state index contributed by atoms with van der Waals surface area (Å²) in [7, 11) is 0. The third kappa shape index (κ3) is 5.25. The zero-order valence-corrected chi connectivity index (χ0v) is 18.7. The molecule has 2 aromatic carbocycles. The molecule has 1 N–H and O–H groups in total. The maximum Gasteiger partial charge on any atom is 0.418 e. The molecular weight excluding hydrogens is 487 g/mol. The highest BCUT2D eigenvalue weighted by atomic mass is 35.5. The molecule has 2 aromatic rings. The van der Waals surface area contributed by atoms with E-state index in [9.17, 15) is 22.8 Å². The first-order valence-corrected chi connectivity index (χ1v) is 10.8. The van der Waals surface area contributed by atoms with E-state index in [1.807, 2.05) is 0 Å². The number of carboxylic acids is 1. The fourth-order valence-corrected chi connectivity index (χ4v) is 4.33. The van der Waals surface area contributed by atoms with E-state index in [1.54, 1.807) is 31.2 Å². The molecule has 0 radical (unpaired) electrons. The molecule has 1 aliphatic rings. The Bertz CT molecular complexity index is 1100. The number of aliphatic carboxylic acids is 1. The highest BCUT2D eigenvalue weighted by molar-refractivity contribution is 8.27. The van der Waals surface area contributed by atoms with Gasteiger partial charge in [-0.05, 0) is 48.4 Å². The van der Waals surface area contributed by atoms with Crippen LogP contribution < -0.4 is 9.64 Å². The summed E-state index contributed by atoms with van der Waals surface area (Å²) in [4.78, 5) is 24.9. The Labute approximate surface area is 195 Å². The van der Waals surface area contributed by atoms with Gasteiger partial charge in [-0.3, -0.25) is 9.69 Å². The standard InChI is InChI=1S/C21H15ClF3NO4S2/c1-2-16(19(28)29)30-13-6-3-11(4-7-13)9-17-18(27)26(20(31)32-17)15-8-5-12(22)10-14(15)21(23,24)25/h3-10,16H,2H2,1H3,(H,28,29)/b17-9+. The number of nitrogens with zero attached hydrogens (tertiary/aromatic N) is 1. The highest BCUT2D eigenvalue weighted by Crippen LogP contribution is 2.43. The first-order chi connectivity index (χ1) is 15.0. The van der Waals surface area contributed by atoms with E-state index in [4.69, 9.17) is 33.7 Å². The fourth-order valence-electron chi connectivity index (χ4n) is 2.87. The SMILES string of the molecule is CCC(Oc1ccc(/C=C2/SC(=S)N(c3ccc(Cl)cc3C(F)(F)F)C2=O)cc1)C(=O)O. The van der Waals surface area contributed by atoms with Crippen molar-refractivity contribution in [1.82, 2.24) is 0 Å². The highest BCUT2D eigenvalue weighted by Gasteiger charge is 2.41. The van der Waals surface area contributed by atoms with Gasteiger partial charge in [-0.1, -0.05) is 54.6 Å². The number of anilines is 1. The van der Waals surface area contributed by atoms with Gasteiger partial charge in [0.25, 0.3) is 5.91 Å². The molecule has 1 atom stereocenters. The average molecular weight is 502 g/mol. The van der Waals surface area contributed by atoms with Crippen molar-refractivity contribution in [3.05, 3.63) is 63.5 Å². The maximum atomic E-state index is 13.5. The van der Waals surface area contributed by atoms with Gasteiger partial charge in [0.05, 0.1) is 16.2 Å². The molecule has 0 bridgehead atoms. The molecule has 0 aliphatic carbocycles.